The quantitative estimate of drug-likeness (QED) is 0.0515. The SMILES string of the molecule is O=C(OC(c1ccccc1)c1ccccc1)c1ccc(CNCCCOc2ccc(OCCCNCc3ccc(C(=O)OC(c4ccccc4)c4ccccc4)cc3)cc2)cc1. The van der Waals surface area contributed by atoms with E-state index in [2.05, 4.69) is 10.6 Å². The number of nitrogens with one attached hydrogen (secondary N) is 2. The van der Waals surface area contributed by atoms with E-state index in [0.717, 1.165) is 70.8 Å². The molecule has 0 aliphatic carbocycles. The minimum Gasteiger partial charge on any atom is -0.494 e. The molecule has 0 aliphatic rings. The summed E-state index contributed by atoms with van der Waals surface area (Å²) in [6.45, 7) is 4.13. The summed E-state index contributed by atoms with van der Waals surface area (Å²) >= 11 is 0. The molecule has 0 atom stereocenters. The van der Waals surface area contributed by atoms with Crippen LogP contribution in [0.2, 0.25) is 0 Å². The molecule has 314 valence electrons. The molecule has 0 aromatic heterocycles. The Morgan fingerprint density at radius 1 is 0.387 bits per heavy atom. The summed E-state index contributed by atoms with van der Waals surface area (Å²) in [7, 11) is 0. The smallest absolute Gasteiger partial charge is 0.339 e. The number of esters is 2. The predicted molar refractivity (Wildman–Crippen MR) is 243 cm³/mol. The first-order valence-electron chi connectivity index (χ1n) is 21.2. The van der Waals surface area contributed by atoms with E-state index in [1.54, 1.807) is 0 Å². The highest BCUT2D eigenvalue weighted by atomic mass is 16.5. The number of hydrogen-bond acceptors (Lipinski definition) is 8. The second kappa shape index (κ2) is 23.1. The van der Waals surface area contributed by atoms with Crippen molar-refractivity contribution < 1.29 is 28.5 Å². The Morgan fingerprint density at radius 3 is 1.00 bits per heavy atom. The first kappa shape index (κ1) is 43.1. The van der Waals surface area contributed by atoms with Crippen LogP contribution in [-0.4, -0.2) is 38.2 Å². The van der Waals surface area contributed by atoms with Gasteiger partial charge in [0.2, 0.25) is 0 Å². The Bertz CT molecular complexity index is 2130. The molecule has 7 aromatic rings. The van der Waals surface area contributed by atoms with E-state index in [1.165, 1.54) is 0 Å². The van der Waals surface area contributed by atoms with E-state index in [4.69, 9.17) is 18.9 Å². The summed E-state index contributed by atoms with van der Waals surface area (Å²) in [6.07, 6.45) is 0.726. The molecule has 7 aromatic carbocycles. The maximum absolute atomic E-state index is 13.1. The fraction of sp³-hybridized carbons (Fsp3) is 0.185. The summed E-state index contributed by atoms with van der Waals surface area (Å²) in [5.74, 6) is 0.884. The van der Waals surface area contributed by atoms with Crippen molar-refractivity contribution in [2.75, 3.05) is 26.3 Å². The van der Waals surface area contributed by atoms with Gasteiger partial charge in [0.15, 0.2) is 12.2 Å². The van der Waals surface area contributed by atoms with Gasteiger partial charge < -0.3 is 29.6 Å². The van der Waals surface area contributed by atoms with E-state index in [9.17, 15) is 9.59 Å². The molecule has 0 saturated carbocycles. The van der Waals surface area contributed by atoms with Crippen molar-refractivity contribution in [3.63, 3.8) is 0 Å². The number of carbonyl (C=O) groups is 2. The molecular weight excluding hydrogens is 773 g/mol. The maximum atomic E-state index is 13.1. The highest BCUT2D eigenvalue weighted by Crippen LogP contribution is 2.29. The second-order valence-corrected chi connectivity index (χ2v) is 14.8. The van der Waals surface area contributed by atoms with Gasteiger partial charge in [-0.05, 0) is 108 Å². The average molecular weight is 825 g/mol. The van der Waals surface area contributed by atoms with Crippen LogP contribution < -0.4 is 20.1 Å². The second-order valence-electron chi connectivity index (χ2n) is 14.8. The summed E-state index contributed by atoms with van der Waals surface area (Å²) in [5, 5.41) is 6.90. The van der Waals surface area contributed by atoms with Crippen LogP contribution in [0.25, 0.3) is 0 Å². The Labute approximate surface area is 364 Å². The molecule has 0 radical (unpaired) electrons. The van der Waals surface area contributed by atoms with E-state index < -0.39 is 12.2 Å². The fourth-order valence-electron chi connectivity index (χ4n) is 6.91. The number of rotatable bonds is 22. The van der Waals surface area contributed by atoms with Gasteiger partial charge in [-0.25, -0.2) is 9.59 Å². The van der Waals surface area contributed by atoms with Gasteiger partial charge in [0.25, 0.3) is 0 Å². The maximum Gasteiger partial charge on any atom is 0.339 e. The van der Waals surface area contributed by atoms with Crippen LogP contribution in [0.15, 0.2) is 194 Å². The van der Waals surface area contributed by atoms with Crippen LogP contribution in [0.3, 0.4) is 0 Å². The topological polar surface area (TPSA) is 95.1 Å². The number of benzene rings is 7. The van der Waals surface area contributed by atoms with Gasteiger partial charge in [-0.3, -0.25) is 0 Å². The van der Waals surface area contributed by atoms with Crippen molar-refractivity contribution >= 4 is 11.9 Å². The minimum absolute atomic E-state index is 0.359. The van der Waals surface area contributed by atoms with Crippen LogP contribution in [0.1, 0.15) is 79.1 Å². The minimum atomic E-state index is -0.481. The predicted octanol–water partition coefficient (Wildman–Crippen LogP) is 10.7. The van der Waals surface area contributed by atoms with Crippen molar-refractivity contribution in [1.29, 1.82) is 0 Å². The van der Waals surface area contributed by atoms with Gasteiger partial charge in [-0.1, -0.05) is 146 Å². The van der Waals surface area contributed by atoms with Gasteiger partial charge >= 0.3 is 11.9 Å². The van der Waals surface area contributed by atoms with Gasteiger partial charge in [0, 0.05) is 13.1 Å². The normalized spacial score (nSPS) is 11.0. The summed E-state index contributed by atoms with van der Waals surface area (Å²) < 4.78 is 23.9. The van der Waals surface area contributed by atoms with Crippen molar-refractivity contribution in [1.82, 2.24) is 10.6 Å². The molecule has 0 fully saturated rings. The molecule has 0 bridgehead atoms. The molecule has 7 rings (SSSR count). The van der Waals surface area contributed by atoms with Crippen LogP contribution in [0.4, 0.5) is 0 Å². The van der Waals surface area contributed by atoms with Crippen LogP contribution in [-0.2, 0) is 22.6 Å². The first-order valence-corrected chi connectivity index (χ1v) is 21.2. The third kappa shape index (κ3) is 13.0. The molecule has 62 heavy (non-hydrogen) atoms. The molecule has 0 aliphatic heterocycles. The molecule has 0 saturated heterocycles. The van der Waals surface area contributed by atoms with Gasteiger partial charge in [0.1, 0.15) is 11.5 Å². The third-order valence-corrected chi connectivity index (χ3v) is 10.3. The molecular formula is C54H52N2O6. The van der Waals surface area contributed by atoms with Crippen LogP contribution in [0, 0.1) is 0 Å². The van der Waals surface area contributed by atoms with E-state index in [1.807, 2.05) is 194 Å². The number of ether oxygens (including phenoxy) is 4. The molecule has 0 heterocycles. The van der Waals surface area contributed by atoms with Gasteiger partial charge in [-0.2, -0.15) is 0 Å². The standard InChI is InChI=1S/C54H52N2O6/c57-53(61-51(43-15-5-1-6-16-43)44-17-7-2-8-18-44)47-27-23-41(24-28-47)39-55-35-13-37-59-49-31-33-50(34-32-49)60-38-14-36-56-40-42-25-29-48(30-26-42)54(58)62-52(45-19-9-3-10-20-45)46-21-11-4-12-22-46/h1-12,15-34,51-52,55-56H,13-14,35-40H2. The lowest BCUT2D eigenvalue weighted by Gasteiger charge is -2.19. The summed E-state index contributed by atoms with van der Waals surface area (Å²) in [6, 6.07) is 62.0. The Morgan fingerprint density at radius 2 is 0.694 bits per heavy atom. The van der Waals surface area contributed by atoms with Crippen LogP contribution >= 0.6 is 0 Å². The first-order chi connectivity index (χ1) is 30.6. The third-order valence-electron chi connectivity index (χ3n) is 10.3. The lowest BCUT2D eigenvalue weighted by atomic mass is 10.0. The lowest BCUT2D eigenvalue weighted by molar-refractivity contribution is 0.0369. The molecule has 2 N–H and O–H groups in total. The molecule has 0 spiro atoms. The van der Waals surface area contributed by atoms with Crippen LogP contribution in [0.5, 0.6) is 11.5 Å². The highest BCUT2D eigenvalue weighted by Gasteiger charge is 2.21. The summed E-state index contributed by atoms with van der Waals surface area (Å²) in [5.41, 5.74) is 6.90. The number of hydrogen-bond donors (Lipinski definition) is 2. The summed E-state index contributed by atoms with van der Waals surface area (Å²) in [4.78, 5) is 26.2. The van der Waals surface area contributed by atoms with Crippen molar-refractivity contribution in [2.45, 2.75) is 38.1 Å². The Balaban J connectivity index is 0.739. The van der Waals surface area contributed by atoms with Crippen molar-refractivity contribution in [3.05, 3.63) is 239 Å². The Kier molecular flexibility index (Phi) is 16.1. The zero-order chi connectivity index (χ0) is 42.6. The monoisotopic (exact) mass is 824 g/mol. The molecule has 8 nitrogen and oxygen atoms in total. The average Bonchev–Trinajstić information content (AvgIpc) is 3.34. The van der Waals surface area contributed by atoms with E-state index >= 15 is 0 Å². The van der Waals surface area contributed by atoms with Gasteiger partial charge in [-0.15, -0.1) is 0 Å². The van der Waals surface area contributed by atoms with Crippen molar-refractivity contribution in [3.8, 4) is 11.5 Å². The number of carbonyl (C=O) groups excluding carboxylic acids is 2. The molecule has 0 amide bonds. The zero-order valence-electron chi connectivity index (χ0n) is 34.7. The Hall–Kier alpha value is -7.00. The van der Waals surface area contributed by atoms with Gasteiger partial charge in [0.05, 0.1) is 24.3 Å². The van der Waals surface area contributed by atoms with E-state index in [-0.39, 0.29) is 11.9 Å². The van der Waals surface area contributed by atoms with E-state index in [0.29, 0.717) is 37.4 Å². The zero-order valence-corrected chi connectivity index (χ0v) is 34.7. The van der Waals surface area contributed by atoms with Crippen molar-refractivity contribution in [2.24, 2.45) is 0 Å². The largest absolute Gasteiger partial charge is 0.494 e. The molecule has 8 heteroatoms. The molecule has 0 unspecified atom stereocenters. The lowest BCUT2D eigenvalue weighted by Crippen LogP contribution is -2.17. The fourth-order valence-corrected chi connectivity index (χ4v) is 6.91. The highest BCUT2D eigenvalue weighted by molar-refractivity contribution is 5.90.